The molecule has 1 saturated heterocycles. The molecule has 5 aromatic rings. The average Bonchev–Trinajstić information content (AvgIpc) is 3.61. The van der Waals surface area contributed by atoms with Gasteiger partial charge in [-0.25, -0.2) is 14.4 Å². The Kier molecular flexibility index (Phi) is 9.88. The summed E-state index contributed by atoms with van der Waals surface area (Å²) in [6.45, 7) is 0. The third-order valence-corrected chi connectivity index (χ3v) is 11.9. The molecule has 0 aromatic heterocycles. The van der Waals surface area contributed by atoms with Gasteiger partial charge in [-0.05, 0) is 30.3 Å². The summed E-state index contributed by atoms with van der Waals surface area (Å²) in [5.74, 6) is -18.8. The van der Waals surface area contributed by atoms with Crippen LogP contribution >= 0.6 is 0 Å². The van der Waals surface area contributed by atoms with Crippen molar-refractivity contribution in [3.8, 4) is 86.2 Å². The Morgan fingerprint density at radius 2 is 1.04 bits per heavy atom. The van der Waals surface area contributed by atoms with Gasteiger partial charge >= 0.3 is 23.9 Å². The van der Waals surface area contributed by atoms with Gasteiger partial charge in [0.1, 0.15) is 46.7 Å². The Hall–Kier alpha value is -9.02. The minimum absolute atomic E-state index is 0.0517. The lowest BCUT2D eigenvalue weighted by Gasteiger charge is -2.48. The van der Waals surface area contributed by atoms with Crippen molar-refractivity contribution in [2.75, 3.05) is 0 Å². The summed E-state index contributed by atoms with van der Waals surface area (Å²) >= 11 is 0. The summed E-state index contributed by atoms with van der Waals surface area (Å²) in [5, 5.41) is 137. The van der Waals surface area contributed by atoms with Crippen LogP contribution in [-0.4, -0.2) is 120 Å². The van der Waals surface area contributed by atoms with Crippen molar-refractivity contribution >= 4 is 23.9 Å². The van der Waals surface area contributed by atoms with Gasteiger partial charge in [-0.1, -0.05) is 0 Å². The van der Waals surface area contributed by atoms with Crippen LogP contribution in [0.4, 0.5) is 0 Å². The standard InChI is InChI=1S/C44H34O23/c45-15-5-20(47)17-10-29(64-42(60)13-1-22(49)34(55)23(50)2-13)37(62-27(17)7-15)19-9-26(53)36(57)38-32(19)33-39(41(58)59)66-31(54)12-44(33,67-38)40-30(11-18-21(48)6-16(46)8-28(18)63-40)65-43(61)14-3-24(51)35(56)25(52)4-14/h1-9,29-30,33,37,39-40,45-53,55-57H,10-12H2,(H,58,59)/t29-,30?,33+,37-,39+,40+,44-/m1/s1. The van der Waals surface area contributed by atoms with Crippen LogP contribution in [0.3, 0.4) is 0 Å². The Balaban J connectivity index is 1.23. The lowest BCUT2D eigenvalue weighted by Crippen LogP contribution is -2.65. The van der Waals surface area contributed by atoms with Crippen molar-refractivity contribution in [3.05, 3.63) is 88.0 Å². The van der Waals surface area contributed by atoms with Crippen LogP contribution in [0.5, 0.6) is 86.2 Å². The largest absolute Gasteiger partial charge is 0.508 e. The number of carbonyl (C=O) groups excluding carboxylic acids is 3. The van der Waals surface area contributed by atoms with Gasteiger partial charge in [0.05, 0.1) is 23.5 Å². The quantitative estimate of drug-likeness (QED) is 0.0634. The van der Waals surface area contributed by atoms with Gasteiger partial charge in [0.25, 0.3) is 0 Å². The van der Waals surface area contributed by atoms with E-state index in [9.17, 15) is 85.6 Å². The van der Waals surface area contributed by atoms with Gasteiger partial charge in [0.15, 0.2) is 63.8 Å². The third-order valence-electron chi connectivity index (χ3n) is 11.9. The highest BCUT2D eigenvalue weighted by molar-refractivity contribution is 5.92. The fourth-order valence-electron chi connectivity index (χ4n) is 9.02. The first-order valence-corrected chi connectivity index (χ1v) is 19.7. The first kappa shape index (κ1) is 43.2. The molecule has 4 aliphatic rings. The summed E-state index contributed by atoms with van der Waals surface area (Å²) in [6.07, 6.45) is -11.5. The third kappa shape index (κ3) is 6.99. The minimum atomic E-state index is -2.51. The van der Waals surface area contributed by atoms with E-state index in [0.717, 1.165) is 54.6 Å². The highest BCUT2D eigenvalue weighted by Gasteiger charge is 2.68. The van der Waals surface area contributed by atoms with Gasteiger partial charge in [-0.15, -0.1) is 0 Å². The lowest BCUT2D eigenvalue weighted by atomic mass is 9.69. The van der Waals surface area contributed by atoms with Crippen LogP contribution in [0.25, 0.3) is 0 Å². The Morgan fingerprint density at radius 3 is 1.57 bits per heavy atom. The van der Waals surface area contributed by atoms with Crippen LogP contribution in [0, 0.1) is 0 Å². The Morgan fingerprint density at radius 1 is 0.567 bits per heavy atom. The summed E-state index contributed by atoms with van der Waals surface area (Å²) in [7, 11) is 0. The van der Waals surface area contributed by atoms with E-state index in [2.05, 4.69) is 0 Å². The molecule has 23 nitrogen and oxygen atoms in total. The predicted octanol–water partition coefficient (Wildman–Crippen LogP) is 2.90. The van der Waals surface area contributed by atoms with Crippen molar-refractivity contribution in [3.63, 3.8) is 0 Å². The smallest absolute Gasteiger partial charge is 0.345 e. The molecule has 0 bridgehead atoms. The van der Waals surface area contributed by atoms with E-state index in [0.29, 0.717) is 0 Å². The van der Waals surface area contributed by atoms with Crippen LogP contribution in [-0.2, 0) is 36.6 Å². The van der Waals surface area contributed by atoms with E-state index in [4.69, 9.17) is 28.4 Å². The number of carbonyl (C=O) groups is 4. The van der Waals surface area contributed by atoms with Crippen molar-refractivity contribution in [1.82, 2.24) is 0 Å². The second-order valence-electron chi connectivity index (χ2n) is 16.0. The molecule has 0 aliphatic carbocycles. The van der Waals surface area contributed by atoms with E-state index in [1.807, 2.05) is 0 Å². The number of hydrogen-bond acceptors (Lipinski definition) is 22. The molecular weight excluding hydrogens is 896 g/mol. The number of ether oxygens (including phenoxy) is 6. The Labute approximate surface area is 372 Å². The van der Waals surface area contributed by atoms with Crippen LogP contribution in [0.15, 0.2) is 54.6 Å². The number of fused-ring (bicyclic) bond motifs is 5. The maximum absolute atomic E-state index is 13.8. The number of phenols is 12. The molecule has 0 spiro atoms. The van der Waals surface area contributed by atoms with E-state index in [1.54, 1.807) is 0 Å². The molecular formula is C44H34O23. The molecule has 1 fully saturated rings. The molecule has 4 heterocycles. The molecule has 7 atom stereocenters. The maximum Gasteiger partial charge on any atom is 0.345 e. The van der Waals surface area contributed by atoms with Crippen LogP contribution < -0.4 is 14.2 Å². The van der Waals surface area contributed by atoms with Crippen molar-refractivity contribution in [1.29, 1.82) is 0 Å². The van der Waals surface area contributed by atoms with Crippen molar-refractivity contribution < 1.29 is 114 Å². The lowest BCUT2D eigenvalue weighted by molar-refractivity contribution is -0.196. The van der Waals surface area contributed by atoms with E-state index in [1.165, 1.54) is 0 Å². The number of aliphatic carboxylic acids is 1. The molecule has 348 valence electrons. The average molecular weight is 931 g/mol. The maximum atomic E-state index is 13.8. The monoisotopic (exact) mass is 930 g/mol. The number of phenolic OH excluding ortho intramolecular Hbond substituents is 12. The van der Waals surface area contributed by atoms with Crippen molar-refractivity contribution in [2.24, 2.45) is 0 Å². The van der Waals surface area contributed by atoms with Gasteiger partial charge in [0, 0.05) is 59.4 Å². The number of hydrogen-bond donors (Lipinski definition) is 13. The summed E-state index contributed by atoms with van der Waals surface area (Å²) < 4.78 is 36.1. The van der Waals surface area contributed by atoms with Gasteiger partial charge < -0.3 is 94.8 Å². The molecule has 9 rings (SSSR count). The fourth-order valence-corrected chi connectivity index (χ4v) is 9.02. The first-order chi connectivity index (χ1) is 31.6. The van der Waals surface area contributed by atoms with Gasteiger partial charge in [-0.3, -0.25) is 4.79 Å². The summed E-state index contributed by atoms with van der Waals surface area (Å²) in [4.78, 5) is 54.5. The number of carboxylic acid groups (broad SMARTS) is 1. The zero-order valence-electron chi connectivity index (χ0n) is 33.7. The second kappa shape index (κ2) is 15.3. The molecule has 13 N–H and O–H groups in total. The molecule has 0 radical (unpaired) electrons. The normalized spacial score (nSPS) is 23.4. The number of aromatic hydroxyl groups is 12. The molecule has 0 saturated carbocycles. The summed E-state index contributed by atoms with van der Waals surface area (Å²) in [6, 6.07) is 7.77. The molecule has 0 amide bonds. The zero-order valence-corrected chi connectivity index (χ0v) is 33.7. The Bertz CT molecular complexity index is 2930. The van der Waals surface area contributed by atoms with Crippen molar-refractivity contribution in [2.45, 2.75) is 61.3 Å². The molecule has 67 heavy (non-hydrogen) atoms. The molecule has 23 heteroatoms. The van der Waals surface area contributed by atoms with Crippen LogP contribution in [0.2, 0.25) is 0 Å². The fraction of sp³-hybridized carbons (Fsp3) is 0.227. The zero-order chi connectivity index (χ0) is 48.1. The minimum Gasteiger partial charge on any atom is -0.508 e. The van der Waals surface area contributed by atoms with Gasteiger partial charge in [0.2, 0.25) is 11.9 Å². The van der Waals surface area contributed by atoms with E-state index < -0.39 is 177 Å². The highest BCUT2D eigenvalue weighted by Crippen LogP contribution is 2.62. The topological polar surface area (TPSA) is 387 Å². The number of cyclic esters (lactones) is 1. The number of rotatable bonds is 7. The number of esters is 3. The van der Waals surface area contributed by atoms with Crippen LogP contribution in [0.1, 0.15) is 61.4 Å². The number of benzene rings is 5. The highest BCUT2D eigenvalue weighted by atomic mass is 16.6. The number of carboxylic acids is 1. The molecule has 4 aliphatic heterocycles. The molecule has 1 unspecified atom stereocenters. The second-order valence-corrected chi connectivity index (χ2v) is 16.0. The SMILES string of the molecule is O=C1C[C@@]2([C@H]3Oc4cc(O)cc(O)c4CC3OC(=O)c3cc(O)c(O)c(O)c3)Oc3c(O)c(O)cc([C@H]4Oc5cc(O)cc(O)c5C[C@H]4OC(=O)c4cc(O)c(O)c(O)c4)c3[C@H]2[C@@H](C(=O)O)O1. The van der Waals surface area contributed by atoms with E-state index >= 15 is 0 Å². The summed E-state index contributed by atoms with van der Waals surface area (Å²) in [5.41, 5.74) is -4.49. The predicted molar refractivity (Wildman–Crippen MR) is 214 cm³/mol. The first-order valence-electron chi connectivity index (χ1n) is 19.7. The van der Waals surface area contributed by atoms with E-state index in [-0.39, 0.29) is 28.2 Å². The molecule has 5 aromatic carbocycles. The van der Waals surface area contributed by atoms with Gasteiger partial charge in [-0.2, -0.15) is 0 Å².